The first-order chi connectivity index (χ1) is 7.19. The van der Waals surface area contributed by atoms with Gasteiger partial charge in [0.15, 0.2) is 5.76 Å². The SMILES string of the molecule is CCC(CCN)NC(=O)c1occc1C. The molecule has 4 nitrogen and oxygen atoms in total. The van der Waals surface area contributed by atoms with Gasteiger partial charge in [-0.1, -0.05) is 6.92 Å². The molecule has 0 saturated heterocycles. The van der Waals surface area contributed by atoms with Gasteiger partial charge < -0.3 is 15.5 Å². The highest BCUT2D eigenvalue weighted by Crippen LogP contribution is 2.09. The Hall–Kier alpha value is -1.29. The van der Waals surface area contributed by atoms with Crippen molar-refractivity contribution >= 4 is 5.91 Å². The van der Waals surface area contributed by atoms with Crippen molar-refractivity contribution in [2.75, 3.05) is 6.54 Å². The van der Waals surface area contributed by atoms with E-state index in [0.717, 1.165) is 18.4 Å². The molecule has 3 N–H and O–H groups in total. The summed E-state index contributed by atoms with van der Waals surface area (Å²) >= 11 is 0. The second-order valence-electron chi connectivity index (χ2n) is 3.59. The van der Waals surface area contributed by atoms with E-state index >= 15 is 0 Å². The minimum atomic E-state index is -0.155. The summed E-state index contributed by atoms with van der Waals surface area (Å²) in [6, 6.07) is 1.91. The van der Waals surface area contributed by atoms with Crippen LogP contribution in [0.25, 0.3) is 0 Å². The quantitative estimate of drug-likeness (QED) is 0.772. The average molecular weight is 210 g/mol. The van der Waals surface area contributed by atoms with Gasteiger partial charge in [-0.2, -0.15) is 0 Å². The van der Waals surface area contributed by atoms with E-state index in [1.165, 1.54) is 6.26 Å². The molecule has 0 aliphatic rings. The molecule has 84 valence electrons. The molecule has 1 atom stereocenters. The molecular formula is C11H18N2O2. The maximum Gasteiger partial charge on any atom is 0.287 e. The molecule has 1 aromatic heterocycles. The first kappa shape index (κ1) is 11.8. The number of nitrogens with two attached hydrogens (primary N) is 1. The number of furan rings is 1. The Morgan fingerprint density at radius 2 is 2.40 bits per heavy atom. The molecule has 15 heavy (non-hydrogen) atoms. The van der Waals surface area contributed by atoms with Crippen molar-refractivity contribution in [3.8, 4) is 0 Å². The predicted octanol–water partition coefficient (Wildman–Crippen LogP) is 1.45. The summed E-state index contributed by atoms with van der Waals surface area (Å²) in [5.74, 6) is 0.239. The van der Waals surface area contributed by atoms with E-state index in [0.29, 0.717) is 12.3 Å². The van der Waals surface area contributed by atoms with Crippen LogP contribution in [0, 0.1) is 6.92 Å². The fraction of sp³-hybridized carbons (Fsp3) is 0.545. The molecule has 4 heteroatoms. The minimum Gasteiger partial charge on any atom is -0.459 e. The molecule has 0 bridgehead atoms. The second kappa shape index (κ2) is 5.56. The summed E-state index contributed by atoms with van der Waals surface area (Å²) in [5, 5.41) is 2.90. The van der Waals surface area contributed by atoms with Crippen LogP contribution < -0.4 is 11.1 Å². The monoisotopic (exact) mass is 210 g/mol. The molecule has 0 aromatic carbocycles. The van der Waals surface area contributed by atoms with E-state index in [2.05, 4.69) is 5.32 Å². The van der Waals surface area contributed by atoms with Crippen molar-refractivity contribution in [1.29, 1.82) is 0 Å². The van der Waals surface area contributed by atoms with Gasteiger partial charge in [0, 0.05) is 11.6 Å². The van der Waals surface area contributed by atoms with Crippen molar-refractivity contribution in [1.82, 2.24) is 5.32 Å². The third-order valence-corrected chi connectivity index (χ3v) is 2.41. The van der Waals surface area contributed by atoms with Crippen molar-refractivity contribution in [2.24, 2.45) is 5.73 Å². The van der Waals surface area contributed by atoms with Gasteiger partial charge in [-0.3, -0.25) is 4.79 Å². The van der Waals surface area contributed by atoms with Crippen LogP contribution in [0.4, 0.5) is 0 Å². The molecule has 0 spiro atoms. The van der Waals surface area contributed by atoms with Crippen molar-refractivity contribution in [3.05, 3.63) is 23.7 Å². The second-order valence-corrected chi connectivity index (χ2v) is 3.59. The van der Waals surface area contributed by atoms with Crippen molar-refractivity contribution in [3.63, 3.8) is 0 Å². The summed E-state index contributed by atoms with van der Waals surface area (Å²) < 4.78 is 5.11. The van der Waals surface area contributed by atoms with Gasteiger partial charge in [0.1, 0.15) is 0 Å². The van der Waals surface area contributed by atoms with Gasteiger partial charge in [0.05, 0.1) is 6.26 Å². The molecule has 0 aliphatic carbocycles. The molecule has 1 heterocycles. The highest BCUT2D eigenvalue weighted by molar-refractivity contribution is 5.92. The van der Waals surface area contributed by atoms with E-state index < -0.39 is 0 Å². The Kier molecular flexibility index (Phi) is 4.37. The predicted molar refractivity (Wildman–Crippen MR) is 58.7 cm³/mol. The number of carbonyl (C=O) groups is 1. The Balaban J connectivity index is 2.58. The van der Waals surface area contributed by atoms with E-state index in [-0.39, 0.29) is 11.9 Å². The van der Waals surface area contributed by atoms with Crippen molar-refractivity contribution in [2.45, 2.75) is 32.7 Å². The highest BCUT2D eigenvalue weighted by atomic mass is 16.3. The summed E-state index contributed by atoms with van der Waals surface area (Å²) in [4.78, 5) is 11.7. The average Bonchev–Trinajstić information content (AvgIpc) is 2.63. The smallest absolute Gasteiger partial charge is 0.287 e. The van der Waals surface area contributed by atoms with E-state index in [4.69, 9.17) is 10.2 Å². The Morgan fingerprint density at radius 3 is 2.87 bits per heavy atom. The molecule has 1 aromatic rings. The highest BCUT2D eigenvalue weighted by Gasteiger charge is 2.15. The number of hydrogen-bond donors (Lipinski definition) is 2. The summed E-state index contributed by atoms with van der Waals surface area (Å²) in [6.07, 6.45) is 3.19. The lowest BCUT2D eigenvalue weighted by molar-refractivity contribution is 0.0905. The van der Waals surface area contributed by atoms with Gasteiger partial charge in [-0.15, -0.1) is 0 Å². The van der Waals surface area contributed by atoms with E-state index in [9.17, 15) is 4.79 Å². The van der Waals surface area contributed by atoms with Crippen LogP contribution in [-0.2, 0) is 0 Å². The maximum absolute atomic E-state index is 11.7. The molecule has 0 aliphatic heterocycles. The van der Waals surface area contributed by atoms with Crippen LogP contribution in [0.3, 0.4) is 0 Å². The lowest BCUT2D eigenvalue weighted by atomic mass is 10.1. The van der Waals surface area contributed by atoms with Crippen LogP contribution in [0.5, 0.6) is 0 Å². The minimum absolute atomic E-state index is 0.131. The zero-order valence-electron chi connectivity index (χ0n) is 9.25. The molecule has 1 amide bonds. The molecule has 1 rings (SSSR count). The topological polar surface area (TPSA) is 68.3 Å². The molecule has 1 unspecified atom stereocenters. The number of rotatable bonds is 5. The normalized spacial score (nSPS) is 12.5. The number of hydrogen-bond acceptors (Lipinski definition) is 3. The molecule has 0 saturated carbocycles. The van der Waals surface area contributed by atoms with Gasteiger partial charge in [-0.25, -0.2) is 0 Å². The Morgan fingerprint density at radius 1 is 1.67 bits per heavy atom. The van der Waals surface area contributed by atoms with Gasteiger partial charge in [0.2, 0.25) is 0 Å². The van der Waals surface area contributed by atoms with Gasteiger partial charge >= 0.3 is 0 Å². The van der Waals surface area contributed by atoms with Crippen LogP contribution in [0.2, 0.25) is 0 Å². The lowest BCUT2D eigenvalue weighted by Crippen LogP contribution is -2.35. The first-order valence-electron chi connectivity index (χ1n) is 5.24. The summed E-state index contributed by atoms with van der Waals surface area (Å²) in [6.45, 7) is 4.45. The van der Waals surface area contributed by atoms with Crippen LogP contribution >= 0.6 is 0 Å². The number of aryl methyl sites for hydroxylation is 1. The standard InChI is InChI=1S/C11H18N2O2/c1-3-9(4-6-12)13-11(14)10-8(2)5-7-15-10/h5,7,9H,3-4,6,12H2,1-2H3,(H,13,14). The summed E-state index contributed by atoms with van der Waals surface area (Å²) in [7, 11) is 0. The van der Waals surface area contributed by atoms with Crippen LogP contribution in [-0.4, -0.2) is 18.5 Å². The van der Waals surface area contributed by atoms with Gasteiger partial charge in [0.25, 0.3) is 5.91 Å². The maximum atomic E-state index is 11.7. The zero-order chi connectivity index (χ0) is 11.3. The molecule has 0 radical (unpaired) electrons. The largest absolute Gasteiger partial charge is 0.459 e. The molecule has 0 fully saturated rings. The first-order valence-corrected chi connectivity index (χ1v) is 5.24. The van der Waals surface area contributed by atoms with Crippen molar-refractivity contribution < 1.29 is 9.21 Å². The number of nitrogens with one attached hydrogen (secondary N) is 1. The third kappa shape index (κ3) is 3.09. The molecular weight excluding hydrogens is 192 g/mol. The van der Waals surface area contributed by atoms with Crippen LogP contribution in [0.15, 0.2) is 16.7 Å². The van der Waals surface area contributed by atoms with E-state index in [1.807, 2.05) is 13.8 Å². The third-order valence-electron chi connectivity index (χ3n) is 2.41. The van der Waals surface area contributed by atoms with Crippen LogP contribution in [0.1, 0.15) is 35.9 Å². The Bertz CT molecular complexity index is 320. The van der Waals surface area contributed by atoms with Gasteiger partial charge in [-0.05, 0) is 32.4 Å². The summed E-state index contributed by atoms with van der Waals surface area (Å²) in [5.41, 5.74) is 6.31. The van der Waals surface area contributed by atoms with E-state index in [1.54, 1.807) is 6.07 Å². The number of carbonyl (C=O) groups excluding carboxylic acids is 1. The fourth-order valence-corrected chi connectivity index (χ4v) is 1.44. The zero-order valence-corrected chi connectivity index (χ0v) is 9.25. The fourth-order valence-electron chi connectivity index (χ4n) is 1.44. The lowest BCUT2D eigenvalue weighted by Gasteiger charge is -2.15. The number of amides is 1. The Labute approximate surface area is 89.8 Å².